The molecule has 7 heteroatoms. The molecule has 7 nitrogen and oxygen atoms in total. The van der Waals surface area contributed by atoms with E-state index in [4.69, 9.17) is 4.52 Å². The molecule has 5 rings (SSSR count). The lowest BCUT2D eigenvalue weighted by Crippen LogP contribution is -2.41. The molecule has 1 saturated heterocycles. The maximum absolute atomic E-state index is 13.3. The number of hydrogen-bond acceptors (Lipinski definition) is 4. The van der Waals surface area contributed by atoms with Crippen molar-refractivity contribution in [2.75, 3.05) is 19.6 Å². The van der Waals surface area contributed by atoms with Crippen LogP contribution >= 0.6 is 0 Å². The molecule has 3 aliphatic rings. The Bertz CT molecular complexity index is 950. The molecule has 0 unspecified atom stereocenters. The van der Waals surface area contributed by atoms with Gasteiger partial charge in [-0.1, -0.05) is 31.3 Å². The van der Waals surface area contributed by atoms with E-state index in [0.29, 0.717) is 18.2 Å². The molecule has 2 aliphatic heterocycles. The van der Waals surface area contributed by atoms with Gasteiger partial charge >= 0.3 is 0 Å². The van der Waals surface area contributed by atoms with Crippen LogP contribution in [0.4, 0.5) is 0 Å². The van der Waals surface area contributed by atoms with Crippen molar-refractivity contribution in [3.8, 4) is 0 Å². The Hall–Kier alpha value is -2.57. The van der Waals surface area contributed by atoms with Crippen LogP contribution in [-0.4, -0.2) is 51.0 Å². The second-order valence-corrected chi connectivity index (χ2v) is 9.63. The van der Waals surface area contributed by atoms with Gasteiger partial charge in [-0.3, -0.25) is 9.59 Å². The summed E-state index contributed by atoms with van der Waals surface area (Å²) in [5.41, 5.74) is 2.05. The van der Waals surface area contributed by atoms with Crippen LogP contribution in [-0.2, 0) is 11.3 Å². The van der Waals surface area contributed by atoms with Gasteiger partial charge in [0.15, 0.2) is 0 Å². The third-order valence-electron chi connectivity index (χ3n) is 7.66. The number of amides is 2. The second kappa shape index (κ2) is 9.12. The van der Waals surface area contributed by atoms with E-state index in [-0.39, 0.29) is 23.8 Å². The summed E-state index contributed by atoms with van der Waals surface area (Å²) in [5.74, 6) is 1.10. The minimum Gasteiger partial charge on any atom is -0.351 e. The summed E-state index contributed by atoms with van der Waals surface area (Å²) in [6.45, 7) is 5.20. The van der Waals surface area contributed by atoms with E-state index in [1.54, 1.807) is 0 Å². The lowest BCUT2D eigenvalue weighted by molar-refractivity contribution is -0.136. The molecule has 2 amide bonds. The molecule has 32 heavy (non-hydrogen) atoms. The van der Waals surface area contributed by atoms with Crippen LogP contribution in [0.15, 0.2) is 28.9 Å². The summed E-state index contributed by atoms with van der Waals surface area (Å²) in [5, 5.41) is 4.28. The molecule has 2 aromatic heterocycles. The van der Waals surface area contributed by atoms with Gasteiger partial charge in [-0.2, -0.15) is 0 Å². The zero-order valence-electron chi connectivity index (χ0n) is 19.0. The molecule has 0 radical (unpaired) electrons. The predicted molar refractivity (Wildman–Crippen MR) is 120 cm³/mol. The summed E-state index contributed by atoms with van der Waals surface area (Å²) in [6.07, 6.45) is 10.3. The smallest absolute Gasteiger partial charge is 0.293 e. The van der Waals surface area contributed by atoms with E-state index in [1.807, 2.05) is 15.9 Å². The van der Waals surface area contributed by atoms with Gasteiger partial charge in [-0.15, -0.1) is 0 Å². The Morgan fingerprint density at radius 3 is 2.62 bits per heavy atom. The third kappa shape index (κ3) is 3.97. The molecule has 2 aromatic rings. The topological polar surface area (TPSA) is 71.6 Å². The average molecular weight is 439 g/mol. The van der Waals surface area contributed by atoms with Crippen molar-refractivity contribution in [3.05, 3.63) is 41.5 Å². The molecule has 0 aromatic carbocycles. The normalized spacial score (nSPS) is 22.3. The van der Waals surface area contributed by atoms with Gasteiger partial charge < -0.3 is 18.9 Å². The minimum absolute atomic E-state index is 0.0662. The summed E-state index contributed by atoms with van der Waals surface area (Å²) < 4.78 is 7.80. The molecule has 0 bridgehead atoms. The van der Waals surface area contributed by atoms with Gasteiger partial charge in [-0.25, -0.2) is 0 Å². The van der Waals surface area contributed by atoms with E-state index >= 15 is 0 Å². The molecule has 4 heterocycles. The number of fused-ring (bicyclic) bond motifs is 1. The molecule has 0 spiro atoms. The Balaban J connectivity index is 1.23. The molecular formula is C25H34N4O3. The SMILES string of the molecule is CCC[C@H]1c2cccn2CCN1C(=O)c1cc(C2CCN(C(=O)C3CCCC3)CC2)no1. The Kier molecular flexibility index (Phi) is 6.07. The van der Waals surface area contributed by atoms with Gasteiger partial charge in [0.25, 0.3) is 5.91 Å². The van der Waals surface area contributed by atoms with Crippen molar-refractivity contribution in [1.82, 2.24) is 19.5 Å². The molecule has 2 fully saturated rings. The first-order chi connectivity index (χ1) is 15.7. The van der Waals surface area contributed by atoms with Crippen molar-refractivity contribution >= 4 is 11.8 Å². The van der Waals surface area contributed by atoms with E-state index in [0.717, 1.165) is 63.9 Å². The van der Waals surface area contributed by atoms with Crippen LogP contribution in [0.3, 0.4) is 0 Å². The number of nitrogens with zero attached hydrogens (tertiary/aromatic N) is 4. The predicted octanol–water partition coefficient (Wildman–Crippen LogP) is 4.37. The average Bonchev–Trinajstić information content (AvgIpc) is 3.60. The largest absolute Gasteiger partial charge is 0.351 e. The van der Waals surface area contributed by atoms with Gasteiger partial charge in [0.05, 0.1) is 11.7 Å². The first-order valence-corrected chi connectivity index (χ1v) is 12.4. The zero-order valence-corrected chi connectivity index (χ0v) is 19.0. The minimum atomic E-state index is -0.0662. The van der Waals surface area contributed by atoms with Gasteiger partial charge in [0.2, 0.25) is 11.7 Å². The molecule has 1 atom stereocenters. The van der Waals surface area contributed by atoms with Crippen LogP contribution in [0.1, 0.15) is 92.2 Å². The number of aromatic nitrogens is 2. The second-order valence-electron chi connectivity index (χ2n) is 9.63. The number of piperidine rings is 1. The highest BCUT2D eigenvalue weighted by molar-refractivity contribution is 5.92. The van der Waals surface area contributed by atoms with Gasteiger partial charge in [-0.05, 0) is 44.2 Å². The molecule has 1 saturated carbocycles. The fraction of sp³-hybridized carbons (Fsp3) is 0.640. The zero-order chi connectivity index (χ0) is 22.1. The van der Waals surface area contributed by atoms with Crippen molar-refractivity contribution in [2.24, 2.45) is 5.92 Å². The number of likely N-dealkylation sites (tertiary alicyclic amines) is 1. The van der Waals surface area contributed by atoms with Crippen molar-refractivity contribution < 1.29 is 14.1 Å². The highest BCUT2D eigenvalue weighted by Crippen LogP contribution is 2.34. The lowest BCUT2D eigenvalue weighted by Gasteiger charge is -2.36. The van der Waals surface area contributed by atoms with E-state index in [1.165, 1.54) is 18.5 Å². The van der Waals surface area contributed by atoms with Gasteiger partial charge in [0.1, 0.15) is 0 Å². The standard InChI is InChI=1S/C25H34N4O3/c1-2-6-22-21-9-5-12-27(21)15-16-29(22)25(31)23-17-20(26-32-23)18-10-13-28(14-11-18)24(30)19-7-3-4-8-19/h5,9,12,17-19,22H,2-4,6-8,10-11,13-16H2,1H3/t22-/m0/s1. The third-order valence-corrected chi connectivity index (χ3v) is 7.66. The maximum atomic E-state index is 13.3. The number of hydrogen-bond donors (Lipinski definition) is 0. The fourth-order valence-corrected chi connectivity index (χ4v) is 5.83. The molecule has 1 aliphatic carbocycles. The Labute approximate surface area is 189 Å². The summed E-state index contributed by atoms with van der Waals surface area (Å²) in [4.78, 5) is 30.0. The molecule has 0 N–H and O–H groups in total. The van der Waals surface area contributed by atoms with Crippen molar-refractivity contribution in [3.63, 3.8) is 0 Å². The van der Waals surface area contributed by atoms with E-state index in [2.05, 4.69) is 35.0 Å². The number of carbonyl (C=O) groups excluding carboxylic acids is 2. The van der Waals surface area contributed by atoms with Crippen molar-refractivity contribution in [1.29, 1.82) is 0 Å². The summed E-state index contributed by atoms with van der Waals surface area (Å²) >= 11 is 0. The number of rotatable bonds is 5. The van der Waals surface area contributed by atoms with E-state index in [9.17, 15) is 9.59 Å². The monoisotopic (exact) mass is 438 g/mol. The summed E-state index contributed by atoms with van der Waals surface area (Å²) in [7, 11) is 0. The Morgan fingerprint density at radius 2 is 1.88 bits per heavy atom. The molecular weight excluding hydrogens is 404 g/mol. The first kappa shape index (κ1) is 21.3. The van der Waals surface area contributed by atoms with Crippen LogP contribution in [0.2, 0.25) is 0 Å². The van der Waals surface area contributed by atoms with Crippen LogP contribution in [0.5, 0.6) is 0 Å². The Morgan fingerprint density at radius 1 is 1.09 bits per heavy atom. The maximum Gasteiger partial charge on any atom is 0.293 e. The summed E-state index contributed by atoms with van der Waals surface area (Å²) in [6, 6.07) is 6.10. The number of carbonyl (C=O) groups is 2. The highest BCUT2D eigenvalue weighted by atomic mass is 16.5. The van der Waals surface area contributed by atoms with E-state index < -0.39 is 0 Å². The van der Waals surface area contributed by atoms with Gasteiger partial charge in [0, 0.05) is 56.0 Å². The lowest BCUT2D eigenvalue weighted by atomic mass is 9.92. The fourth-order valence-electron chi connectivity index (χ4n) is 5.83. The first-order valence-electron chi connectivity index (χ1n) is 12.4. The van der Waals surface area contributed by atoms with Crippen molar-refractivity contribution in [2.45, 2.75) is 76.8 Å². The quantitative estimate of drug-likeness (QED) is 0.695. The van der Waals surface area contributed by atoms with Crippen LogP contribution in [0.25, 0.3) is 0 Å². The van der Waals surface area contributed by atoms with Crippen LogP contribution < -0.4 is 0 Å². The molecule has 172 valence electrons. The van der Waals surface area contributed by atoms with Crippen LogP contribution in [0, 0.1) is 5.92 Å². The highest BCUT2D eigenvalue weighted by Gasteiger charge is 2.34.